The second kappa shape index (κ2) is 17.6. The molecule has 0 bridgehead atoms. The van der Waals surface area contributed by atoms with Crippen LogP contribution >= 0.6 is 0 Å². The van der Waals surface area contributed by atoms with Crippen molar-refractivity contribution in [2.75, 3.05) is 45.8 Å². The SMILES string of the molecule is COc1ccc(OC)c(N(CC(=O)N(Cc2ccc(C)cc2)C(Cc2ccccc2)C(=O)NCC(C)C)S(=O)(=O)c2ccc(OC)c(OC)c2)c1. The average Bonchev–Trinajstić information content (AvgIpc) is 3.14. The maximum Gasteiger partial charge on any atom is 0.265 e. The third-order valence-electron chi connectivity index (χ3n) is 8.31. The minimum Gasteiger partial charge on any atom is -0.497 e. The van der Waals surface area contributed by atoms with Crippen LogP contribution in [0.15, 0.2) is 95.9 Å². The van der Waals surface area contributed by atoms with E-state index >= 15 is 0 Å². The molecule has 2 amide bonds. The van der Waals surface area contributed by atoms with E-state index in [0.717, 1.165) is 21.0 Å². The number of aryl methyl sites for hydroxylation is 1. The average molecular weight is 718 g/mol. The summed E-state index contributed by atoms with van der Waals surface area (Å²) in [7, 11) is 1.23. The zero-order valence-corrected chi connectivity index (χ0v) is 31.0. The summed E-state index contributed by atoms with van der Waals surface area (Å²) in [4.78, 5) is 30.2. The molecular weight excluding hydrogens is 671 g/mol. The topological polar surface area (TPSA) is 124 Å². The van der Waals surface area contributed by atoms with Crippen molar-refractivity contribution in [2.24, 2.45) is 5.92 Å². The predicted octanol–water partition coefficient (Wildman–Crippen LogP) is 5.64. The second-order valence-electron chi connectivity index (χ2n) is 12.4. The molecule has 0 aliphatic heterocycles. The van der Waals surface area contributed by atoms with Crippen LogP contribution in [-0.4, -0.2) is 72.7 Å². The van der Waals surface area contributed by atoms with Crippen LogP contribution in [0.2, 0.25) is 0 Å². The number of carbonyl (C=O) groups excluding carboxylic acids is 2. The first-order valence-electron chi connectivity index (χ1n) is 16.5. The van der Waals surface area contributed by atoms with Gasteiger partial charge in [-0.2, -0.15) is 0 Å². The van der Waals surface area contributed by atoms with Crippen LogP contribution in [0.3, 0.4) is 0 Å². The summed E-state index contributed by atoms with van der Waals surface area (Å²) in [5.41, 5.74) is 2.72. The molecular formula is C39H47N3O8S. The lowest BCUT2D eigenvalue weighted by atomic mass is 10.0. The Morgan fingerprint density at radius 1 is 0.745 bits per heavy atom. The molecule has 1 N–H and O–H groups in total. The van der Waals surface area contributed by atoms with Crippen LogP contribution in [0.1, 0.15) is 30.5 Å². The summed E-state index contributed by atoms with van der Waals surface area (Å²) in [6.45, 7) is 5.71. The fourth-order valence-electron chi connectivity index (χ4n) is 5.48. The van der Waals surface area contributed by atoms with Gasteiger partial charge in [-0.1, -0.05) is 74.0 Å². The van der Waals surface area contributed by atoms with Gasteiger partial charge in [-0.15, -0.1) is 0 Å². The number of amides is 2. The van der Waals surface area contributed by atoms with Crippen molar-refractivity contribution in [1.82, 2.24) is 10.2 Å². The van der Waals surface area contributed by atoms with E-state index in [1.165, 1.54) is 57.6 Å². The van der Waals surface area contributed by atoms with Crippen LogP contribution < -0.4 is 28.6 Å². The Labute approximate surface area is 301 Å². The molecule has 0 saturated heterocycles. The molecule has 0 fully saturated rings. The van der Waals surface area contributed by atoms with E-state index in [4.69, 9.17) is 18.9 Å². The third-order valence-corrected chi connectivity index (χ3v) is 10.1. The Morgan fingerprint density at radius 3 is 2.00 bits per heavy atom. The maximum absolute atomic E-state index is 14.9. The fourth-order valence-corrected chi connectivity index (χ4v) is 6.91. The van der Waals surface area contributed by atoms with Crippen molar-refractivity contribution < 1.29 is 37.0 Å². The van der Waals surface area contributed by atoms with Crippen LogP contribution in [0.25, 0.3) is 0 Å². The largest absolute Gasteiger partial charge is 0.497 e. The van der Waals surface area contributed by atoms with Gasteiger partial charge >= 0.3 is 0 Å². The predicted molar refractivity (Wildman–Crippen MR) is 197 cm³/mol. The summed E-state index contributed by atoms with van der Waals surface area (Å²) in [6, 6.07) is 25.0. The van der Waals surface area contributed by atoms with Crippen molar-refractivity contribution in [1.29, 1.82) is 0 Å². The number of nitrogens with one attached hydrogen (secondary N) is 1. The lowest BCUT2D eigenvalue weighted by molar-refractivity contribution is -0.140. The summed E-state index contributed by atoms with van der Waals surface area (Å²) < 4.78 is 52.1. The highest BCUT2D eigenvalue weighted by Gasteiger charge is 2.36. The Morgan fingerprint density at radius 2 is 1.39 bits per heavy atom. The molecule has 0 aliphatic rings. The molecule has 0 spiro atoms. The lowest BCUT2D eigenvalue weighted by Crippen LogP contribution is -2.53. The van der Waals surface area contributed by atoms with E-state index in [9.17, 15) is 18.0 Å². The number of hydrogen-bond acceptors (Lipinski definition) is 8. The van der Waals surface area contributed by atoms with Gasteiger partial charge in [0.15, 0.2) is 11.5 Å². The molecule has 272 valence electrons. The van der Waals surface area contributed by atoms with Gasteiger partial charge < -0.3 is 29.2 Å². The van der Waals surface area contributed by atoms with Crippen molar-refractivity contribution >= 4 is 27.5 Å². The van der Waals surface area contributed by atoms with E-state index in [-0.39, 0.29) is 46.9 Å². The summed E-state index contributed by atoms with van der Waals surface area (Å²) >= 11 is 0. The highest BCUT2D eigenvalue weighted by atomic mass is 32.2. The number of carbonyl (C=O) groups is 2. The van der Waals surface area contributed by atoms with E-state index in [2.05, 4.69) is 5.32 Å². The van der Waals surface area contributed by atoms with Crippen molar-refractivity contribution in [3.05, 3.63) is 108 Å². The smallest absolute Gasteiger partial charge is 0.265 e. The molecule has 0 aliphatic carbocycles. The van der Waals surface area contributed by atoms with Crippen molar-refractivity contribution in [3.8, 4) is 23.0 Å². The molecule has 4 aromatic rings. The summed E-state index contributed by atoms with van der Waals surface area (Å²) in [5.74, 6) is 0.263. The first kappa shape index (κ1) is 38.6. The van der Waals surface area contributed by atoms with E-state index in [1.54, 1.807) is 12.1 Å². The first-order valence-corrected chi connectivity index (χ1v) is 18.0. The molecule has 51 heavy (non-hydrogen) atoms. The molecule has 11 nitrogen and oxygen atoms in total. The third kappa shape index (κ3) is 9.72. The first-order chi connectivity index (χ1) is 24.4. The zero-order valence-electron chi connectivity index (χ0n) is 30.2. The van der Waals surface area contributed by atoms with Gasteiger partial charge in [0.2, 0.25) is 11.8 Å². The van der Waals surface area contributed by atoms with E-state index < -0.39 is 28.5 Å². The zero-order chi connectivity index (χ0) is 37.1. The van der Waals surface area contributed by atoms with Crippen molar-refractivity contribution in [2.45, 2.75) is 44.7 Å². The van der Waals surface area contributed by atoms with Gasteiger partial charge in [-0.05, 0) is 48.2 Å². The van der Waals surface area contributed by atoms with Gasteiger partial charge in [0.25, 0.3) is 10.0 Å². The number of sulfonamides is 1. The molecule has 0 heterocycles. The minimum atomic E-state index is -4.49. The number of anilines is 1. The van der Waals surface area contributed by atoms with Gasteiger partial charge in [0.1, 0.15) is 24.1 Å². The second-order valence-corrected chi connectivity index (χ2v) is 14.3. The lowest BCUT2D eigenvalue weighted by Gasteiger charge is -2.34. The Bertz CT molecular complexity index is 1880. The molecule has 0 radical (unpaired) electrons. The van der Waals surface area contributed by atoms with Crippen LogP contribution in [0, 0.1) is 12.8 Å². The Kier molecular flexibility index (Phi) is 13.3. The monoisotopic (exact) mass is 717 g/mol. The Hall–Kier alpha value is -5.23. The summed E-state index contributed by atoms with van der Waals surface area (Å²) in [5, 5.41) is 3.00. The molecule has 4 aromatic carbocycles. The van der Waals surface area contributed by atoms with Crippen LogP contribution in [-0.2, 0) is 32.6 Å². The van der Waals surface area contributed by atoms with E-state index in [0.29, 0.717) is 18.0 Å². The highest BCUT2D eigenvalue weighted by Crippen LogP contribution is 2.38. The number of nitrogens with zero attached hydrogens (tertiary/aromatic N) is 2. The molecule has 0 aromatic heterocycles. The quantitative estimate of drug-likeness (QED) is 0.149. The molecule has 12 heteroatoms. The van der Waals surface area contributed by atoms with Gasteiger partial charge in [-0.3, -0.25) is 13.9 Å². The number of benzene rings is 4. The molecule has 1 unspecified atom stereocenters. The maximum atomic E-state index is 14.9. The number of methoxy groups -OCH3 is 4. The number of hydrogen-bond donors (Lipinski definition) is 1. The Balaban J connectivity index is 1.89. The molecule has 4 rings (SSSR count). The minimum absolute atomic E-state index is 0.0468. The fraction of sp³-hybridized carbons (Fsp3) is 0.333. The molecule has 1 atom stereocenters. The number of ether oxygens (including phenoxy) is 4. The highest BCUT2D eigenvalue weighted by molar-refractivity contribution is 7.92. The van der Waals surface area contributed by atoms with Crippen LogP contribution in [0.5, 0.6) is 23.0 Å². The van der Waals surface area contributed by atoms with Gasteiger partial charge in [-0.25, -0.2) is 8.42 Å². The van der Waals surface area contributed by atoms with Gasteiger partial charge in [0, 0.05) is 31.6 Å². The van der Waals surface area contributed by atoms with E-state index in [1.807, 2.05) is 75.4 Å². The number of rotatable bonds is 17. The summed E-state index contributed by atoms with van der Waals surface area (Å²) in [6.07, 6.45) is 0.202. The van der Waals surface area contributed by atoms with Gasteiger partial charge in [0.05, 0.1) is 39.0 Å². The van der Waals surface area contributed by atoms with Crippen molar-refractivity contribution in [3.63, 3.8) is 0 Å². The standard InChI is InChI=1S/C39H47N3O8S/c1-27(2)24-40-39(44)34(21-29-11-9-8-10-12-29)41(25-30-15-13-28(3)14-16-30)38(43)26-42(33-22-31(47-4)17-19-35(33)48-5)51(45,46)32-18-20-36(49-6)37(23-32)50-7/h8-20,22-23,27,34H,21,24-26H2,1-7H3,(H,40,44). The normalized spacial score (nSPS) is 11.8. The molecule has 0 saturated carbocycles. The van der Waals surface area contributed by atoms with Crippen LogP contribution in [0.4, 0.5) is 5.69 Å².